The Hall–Kier alpha value is -0.740. The smallest absolute Gasteiger partial charge is 0.216 e. The predicted molar refractivity (Wildman–Crippen MR) is 92.7 cm³/mol. The van der Waals surface area contributed by atoms with E-state index in [2.05, 4.69) is 20.4 Å². The fraction of sp³-hybridized carbons (Fsp3) is 0.400. The normalized spacial score (nSPS) is 14.8. The van der Waals surface area contributed by atoms with E-state index in [1.54, 1.807) is 0 Å². The van der Waals surface area contributed by atoms with E-state index in [0.29, 0.717) is 13.0 Å². The lowest BCUT2D eigenvalue weighted by molar-refractivity contribution is -0.305. The zero-order chi connectivity index (χ0) is 18.6. The van der Waals surface area contributed by atoms with Crippen molar-refractivity contribution in [3.63, 3.8) is 0 Å². The monoisotopic (exact) mass is 456 g/mol. The molecular weight excluding hydrogens is 449 g/mol. The van der Waals surface area contributed by atoms with Crippen molar-refractivity contribution >= 4 is 78.8 Å². The molecule has 0 aliphatic carbocycles. The van der Waals surface area contributed by atoms with Gasteiger partial charge in [0.15, 0.2) is 22.9 Å². The number of thioether (sulfide) groups is 2. The molecule has 0 aliphatic heterocycles. The summed E-state index contributed by atoms with van der Waals surface area (Å²) in [4.78, 5) is 21.4. The number of carbonyl (C=O) groups excluding carboxylic acids is 2. The van der Waals surface area contributed by atoms with Crippen LogP contribution in [0.2, 0.25) is 0 Å². The predicted octanol–water partition coefficient (Wildman–Crippen LogP) is -0.335. The van der Waals surface area contributed by atoms with Gasteiger partial charge >= 0.3 is 0 Å². The van der Waals surface area contributed by atoms with Crippen molar-refractivity contribution in [1.29, 1.82) is 0 Å². The minimum atomic E-state index is -1.59. The highest BCUT2D eigenvalue weighted by Gasteiger charge is 2.18. The molecule has 2 aromatic rings. The van der Waals surface area contributed by atoms with Crippen molar-refractivity contribution in [2.24, 2.45) is 0 Å². The summed E-state index contributed by atoms with van der Waals surface area (Å²) in [6.45, 7) is 2.93. The molecule has 25 heavy (non-hydrogen) atoms. The van der Waals surface area contributed by atoms with Crippen LogP contribution >= 0.6 is 57.0 Å². The number of aromatic nitrogens is 4. The van der Waals surface area contributed by atoms with Gasteiger partial charge in [0.1, 0.15) is 0 Å². The zero-order valence-corrected chi connectivity index (χ0v) is 17.3. The Kier molecular flexibility index (Phi) is 7.63. The van der Waals surface area contributed by atoms with E-state index in [4.69, 9.17) is 0 Å². The summed E-state index contributed by atoms with van der Waals surface area (Å²) < 4.78 is 13.7. The van der Waals surface area contributed by atoms with Crippen LogP contribution in [0.1, 0.15) is 13.8 Å². The molecule has 0 bridgehead atoms. The Morgan fingerprint density at radius 3 is 1.96 bits per heavy atom. The number of aliphatic carboxylic acids is 2. The number of nitrogens with zero attached hydrogens (tertiary/aromatic N) is 4. The molecule has 2 aromatic heterocycles. The third kappa shape index (κ3) is 6.18. The fourth-order valence-electron chi connectivity index (χ4n) is 1.09. The maximum atomic E-state index is 12.3. The first kappa shape index (κ1) is 20.6. The molecule has 0 saturated heterocycles. The Bertz CT molecular complexity index is 794. The second-order valence-corrected chi connectivity index (χ2v) is 12.6. The minimum Gasteiger partial charge on any atom is -0.549 e. The zero-order valence-electron chi connectivity index (χ0n) is 12.4. The molecule has 0 amide bonds. The van der Waals surface area contributed by atoms with E-state index >= 15 is 0 Å². The summed E-state index contributed by atoms with van der Waals surface area (Å²) in [6.07, 6.45) is 0. The summed E-state index contributed by atoms with van der Waals surface area (Å²) in [5.41, 5.74) is 0. The van der Waals surface area contributed by atoms with E-state index in [0.717, 1.165) is 57.0 Å². The van der Waals surface area contributed by atoms with E-state index < -0.39 is 32.3 Å². The molecule has 0 aromatic carbocycles. The number of carboxylic acid groups (broad SMARTS) is 2. The highest BCUT2D eigenvalue weighted by Crippen LogP contribution is 2.36. The van der Waals surface area contributed by atoms with Gasteiger partial charge in [0.25, 0.3) is 0 Å². The SMILES string of the molecule is CC(Sc1nnc(SS(=O)c2nnc(SC(C)C(=O)[O-])s2)s1)C(=O)[O-]. The van der Waals surface area contributed by atoms with Crippen molar-refractivity contribution in [2.45, 2.75) is 41.7 Å². The quantitative estimate of drug-likeness (QED) is 0.359. The molecule has 15 heteroatoms. The summed E-state index contributed by atoms with van der Waals surface area (Å²) in [5.74, 6) is -2.43. The Labute approximate surface area is 164 Å². The summed E-state index contributed by atoms with van der Waals surface area (Å²) >= 11 is 4.08. The molecule has 136 valence electrons. The molecule has 0 fully saturated rings. The van der Waals surface area contributed by atoms with Crippen LogP contribution in [0.15, 0.2) is 17.4 Å². The summed E-state index contributed by atoms with van der Waals surface area (Å²) in [5, 5.41) is 35.1. The lowest BCUT2D eigenvalue weighted by atomic mass is 10.5. The third-order valence-electron chi connectivity index (χ3n) is 2.28. The van der Waals surface area contributed by atoms with E-state index in [-0.39, 0.29) is 4.34 Å². The number of carboxylic acids is 2. The second kappa shape index (κ2) is 9.27. The standard InChI is InChI=1S/C10H10N4O5S6/c1-3(5(15)16)20-7-11-13-9(22-7)24-25(19)10-14-12-8(23-10)21-4(2)6(17)18/h3-4H,1-2H3,(H,15,16)(H,17,18)/p-2. The van der Waals surface area contributed by atoms with E-state index in [9.17, 15) is 24.0 Å². The summed E-state index contributed by atoms with van der Waals surface area (Å²) in [6, 6.07) is 0. The molecule has 9 nitrogen and oxygen atoms in total. The van der Waals surface area contributed by atoms with Gasteiger partial charge in [-0.15, -0.1) is 20.4 Å². The average Bonchev–Trinajstić information content (AvgIpc) is 3.16. The van der Waals surface area contributed by atoms with Crippen LogP contribution in [-0.4, -0.2) is 47.0 Å². The molecular formula is C10H8N4O5S6-2. The van der Waals surface area contributed by atoms with Crippen LogP contribution < -0.4 is 10.2 Å². The van der Waals surface area contributed by atoms with Crippen molar-refractivity contribution in [3.05, 3.63) is 0 Å². The van der Waals surface area contributed by atoms with Crippen molar-refractivity contribution in [2.75, 3.05) is 0 Å². The Balaban J connectivity index is 1.96. The second-order valence-electron chi connectivity index (χ2n) is 4.14. The number of carbonyl (C=O) groups is 2. The maximum Gasteiger partial charge on any atom is 0.216 e. The first-order valence-electron chi connectivity index (χ1n) is 6.28. The van der Waals surface area contributed by atoms with E-state index in [1.165, 1.54) is 13.8 Å². The largest absolute Gasteiger partial charge is 0.549 e. The Morgan fingerprint density at radius 2 is 1.40 bits per heavy atom. The molecule has 0 spiro atoms. The number of hydrogen-bond acceptors (Lipinski definition) is 14. The van der Waals surface area contributed by atoms with Crippen LogP contribution in [-0.2, 0) is 19.4 Å². The molecule has 3 atom stereocenters. The molecule has 0 N–H and O–H groups in total. The molecule has 0 radical (unpaired) electrons. The van der Waals surface area contributed by atoms with Gasteiger partial charge in [0, 0.05) is 21.3 Å². The topological polar surface area (TPSA) is 149 Å². The maximum absolute atomic E-state index is 12.3. The first-order chi connectivity index (χ1) is 11.8. The van der Waals surface area contributed by atoms with Crippen molar-refractivity contribution < 1.29 is 24.0 Å². The molecule has 2 heterocycles. The fourth-order valence-corrected chi connectivity index (χ4v) is 8.27. The van der Waals surface area contributed by atoms with Gasteiger partial charge in [0.05, 0.1) is 11.9 Å². The summed E-state index contributed by atoms with van der Waals surface area (Å²) in [7, 11) is -0.690. The van der Waals surface area contributed by atoms with Gasteiger partial charge in [-0.25, -0.2) is 4.21 Å². The van der Waals surface area contributed by atoms with Crippen LogP contribution in [0.5, 0.6) is 0 Å². The van der Waals surface area contributed by atoms with Crippen molar-refractivity contribution in [3.8, 4) is 0 Å². The van der Waals surface area contributed by atoms with Crippen LogP contribution in [0.3, 0.4) is 0 Å². The molecule has 3 unspecified atom stereocenters. The van der Waals surface area contributed by atoms with Gasteiger partial charge in [-0.05, 0) is 13.8 Å². The van der Waals surface area contributed by atoms with Crippen LogP contribution in [0.25, 0.3) is 0 Å². The number of rotatable bonds is 9. The highest BCUT2D eigenvalue weighted by atomic mass is 33.1. The van der Waals surface area contributed by atoms with Crippen LogP contribution in [0, 0.1) is 0 Å². The van der Waals surface area contributed by atoms with Crippen molar-refractivity contribution in [1.82, 2.24) is 20.4 Å². The number of hydrogen-bond donors (Lipinski definition) is 0. The van der Waals surface area contributed by atoms with E-state index in [1.807, 2.05) is 0 Å². The minimum absolute atomic E-state index is 0.213. The van der Waals surface area contributed by atoms with Gasteiger partial charge in [-0.3, -0.25) is 0 Å². The van der Waals surface area contributed by atoms with Gasteiger partial charge in [-0.2, -0.15) is 0 Å². The molecule has 2 rings (SSSR count). The first-order valence-corrected chi connectivity index (χ1v) is 12.2. The highest BCUT2D eigenvalue weighted by molar-refractivity contribution is 8.69. The average molecular weight is 457 g/mol. The molecule has 0 aliphatic rings. The van der Waals surface area contributed by atoms with Gasteiger partial charge < -0.3 is 19.8 Å². The lowest BCUT2D eigenvalue weighted by Gasteiger charge is -2.08. The lowest BCUT2D eigenvalue weighted by Crippen LogP contribution is -2.31. The van der Waals surface area contributed by atoms with Gasteiger partial charge in [0.2, 0.25) is 4.34 Å². The molecule has 0 saturated carbocycles. The van der Waals surface area contributed by atoms with Crippen LogP contribution in [0.4, 0.5) is 0 Å². The Morgan fingerprint density at radius 1 is 0.920 bits per heavy atom. The van der Waals surface area contributed by atoms with Gasteiger partial charge in [-0.1, -0.05) is 46.2 Å². The third-order valence-corrected chi connectivity index (χ3v) is 10.0.